The van der Waals surface area contributed by atoms with Gasteiger partial charge < -0.3 is 9.64 Å². The average Bonchev–Trinajstić information content (AvgIpc) is 2.93. The molecular formula is C22H23N2OS+. The van der Waals surface area contributed by atoms with Crippen LogP contribution in [0.25, 0.3) is 17.0 Å². The molecule has 2 aromatic carbocycles. The third-order valence-electron chi connectivity index (χ3n) is 4.79. The number of anilines is 1. The van der Waals surface area contributed by atoms with Gasteiger partial charge in [-0.3, -0.25) is 0 Å². The Morgan fingerprint density at radius 3 is 2.77 bits per heavy atom. The van der Waals surface area contributed by atoms with Crippen LogP contribution in [0.2, 0.25) is 0 Å². The molecule has 4 heteroatoms. The van der Waals surface area contributed by atoms with Crippen molar-refractivity contribution >= 4 is 34.4 Å². The number of aromatic nitrogens is 1. The summed E-state index contributed by atoms with van der Waals surface area (Å²) in [5, 5.41) is 2.49. The van der Waals surface area contributed by atoms with Crippen LogP contribution in [0.1, 0.15) is 18.2 Å². The summed E-state index contributed by atoms with van der Waals surface area (Å²) in [6, 6.07) is 17.3. The first-order chi connectivity index (χ1) is 12.6. The second-order valence-corrected chi connectivity index (χ2v) is 7.65. The molecule has 0 fully saturated rings. The van der Waals surface area contributed by atoms with E-state index in [1.165, 1.54) is 37.8 Å². The van der Waals surface area contributed by atoms with E-state index in [9.17, 15) is 0 Å². The highest BCUT2D eigenvalue weighted by Gasteiger charge is 2.24. The molecule has 0 atom stereocenters. The van der Waals surface area contributed by atoms with Gasteiger partial charge >= 0.3 is 0 Å². The van der Waals surface area contributed by atoms with Crippen molar-refractivity contribution in [2.75, 3.05) is 18.6 Å². The van der Waals surface area contributed by atoms with E-state index in [1.54, 1.807) is 11.8 Å². The molecule has 3 aromatic rings. The summed E-state index contributed by atoms with van der Waals surface area (Å²) < 4.78 is 7.90. The summed E-state index contributed by atoms with van der Waals surface area (Å²) in [5.41, 5.74) is 4.94. The van der Waals surface area contributed by atoms with E-state index in [2.05, 4.69) is 79.0 Å². The van der Waals surface area contributed by atoms with Crippen molar-refractivity contribution in [3.63, 3.8) is 0 Å². The Balaban J connectivity index is 1.72. The maximum Gasteiger partial charge on any atom is 0.212 e. The van der Waals surface area contributed by atoms with Crippen LogP contribution in [0, 0.1) is 6.92 Å². The first-order valence-electron chi connectivity index (χ1n) is 8.86. The molecule has 0 aliphatic carbocycles. The normalized spacial score (nSPS) is 14.9. The number of rotatable bonds is 3. The van der Waals surface area contributed by atoms with E-state index in [1.807, 2.05) is 13.0 Å². The fourth-order valence-corrected chi connectivity index (χ4v) is 4.47. The molecule has 3 nitrogen and oxygen atoms in total. The van der Waals surface area contributed by atoms with Crippen molar-refractivity contribution in [1.29, 1.82) is 0 Å². The van der Waals surface area contributed by atoms with Gasteiger partial charge in [0.05, 0.1) is 17.3 Å². The Morgan fingerprint density at radius 1 is 1.12 bits per heavy atom. The van der Waals surface area contributed by atoms with Crippen LogP contribution in [0.5, 0.6) is 5.75 Å². The predicted molar refractivity (Wildman–Crippen MR) is 110 cm³/mol. The number of fused-ring (bicyclic) bond motifs is 2. The van der Waals surface area contributed by atoms with Gasteiger partial charge in [0, 0.05) is 35.5 Å². The minimum absolute atomic E-state index is 0.689. The van der Waals surface area contributed by atoms with Crippen LogP contribution in [0.15, 0.2) is 58.5 Å². The monoisotopic (exact) mass is 363 g/mol. The van der Waals surface area contributed by atoms with Gasteiger partial charge in [-0.2, -0.15) is 4.57 Å². The van der Waals surface area contributed by atoms with Crippen LogP contribution in [0.4, 0.5) is 5.69 Å². The molecular weight excluding hydrogens is 340 g/mol. The average molecular weight is 364 g/mol. The molecule has 0 radical (unpaired) electrons. The molecule has 1 aromatic heterocycles. The lowest BCUT2D eigenvalue weighted by atomic mass is 10.1. The Bertz CT molecular complexity index is 1030. The van der Waals surface area contributed by atoms with E-state index in [-0.39, 0.29) is 0 Å². The van der Waals surface area contributed by atoms with Crippen molar-refractivity contribution in [2.24, 2.45) is 7.05 Å². The van der Waals surface area contributed by atoms with Gasteiger partial charge in [-0.25, -0.2) is 0 Å². The van der Waals surface area contributed by atoms with Crippen LogP contribution < -0.4 is 14.2 Å². The van der Waals surface area contributed by atoms with Gasteiger partial charge in [-0.05, 0) is 44.2 Å². The SMILES string of the molecule is CCOc1ccc2c(c1)S/C(=C\c1ccc3cc(C)ccc3[n+]1C)N2C. The molecule has 0 unspecified atom stereocenters. The van der Waals surface area contributed by atoms with Crippen molar-refractivity contribution < 1.29 is 9.30 Å². The van der Waals surface area contributed by atoms with Crippen molar-refractivity contribution in [2.45, 2.75) is 18.7 Å². The third-order valence-corrected chi connectivity index (χ3v) is 5.93. The topological polar surface area (TPSA) is 16.4 Å². The number of nitrogens with zero attached hydrogens (tertiary/aromatic N) is 2. The van der Waals surface area contributed by atoms with Crippen LogP contribution in [-0.2, 0) is 7.05 Å². The number of aryl methyl sites for hydroxylation is 2. The zero-order valence-electron chi connectivity index (χ0n) is 15.6. The molecule has 0 spiro atoms. The molecule has 2 heterocycles. The number of thioether (sulfide) groups is 1. The van der Waals surface area contributed by atoms with Gasteiger partial charge in [0.2, 0.25) is 11.2 Å². The lowest BCUT2D eigenvalue weighted by Crippen LogP contribution is -2.33. The highest BCUT2D eigenvalue weighted by molar-refractivity contribution is 8.03. The Labute approximate surface area is 158 Å². The zero-order chi connectivity index (χ0) is 18.3. The predicted octanol–water partition coefficient (Wildman–Crippen LogP) is 4.91. The number of benzene rings is 2. The van der Waals surface area contributed by atoms with Crippen molar-refractivity contribution in [3.8, 4) is 5.75 Å². The fraction of sp³-hybridized carbons (Fsp3) is 0.227. The van der Waals surface area contributed by atoms with Crippen LogP contribution in [0.3, 0.4) is 0 Å². The first-order valence-corrected chi connectivity index (χ1v) is 9.68. The number of pyridine rings is 1. The van der Waals surface area contributed by atoms with Crippen molar-refractivity contribution in [3.05, 3.63) is 64.8 Å². The van der Waals surface area contributed by atoms with Gasteiger partial charge in [-0.15, -0.1) is 0 Å². The molecule has 1 aliphatic rings. The maximum absolute atomic E-state index is 5.64. The Hall–Kier alpha value is -2.46. The first kappa shape index (κ1) is 17.0. The molecule has 0 N–H and O–H groups in total. The summed E-state index contributed by atoms with van der Waals surface area (Å²) in [4.78, 5) is 3.48. The Kier molecular flexibility index (Phi) is 4.37. The summed E-state index contributed by atoms with van der Waals surface area (Å²) in [7, 11) is 4.25. The van der Waals surface area contributed by atoms with E-state index in [0.29, 0.717) is 6.61 Å². The van der Waals surface area contributed by atoms with Crippen LogP contribution >= 0.6 is 11.8 Å². The second kappa shape index (κ2) is 6.69. The molecule has 0 saturated carbocycles. The van der Waals surface area contributed by atoms with Gasteiger partial charge in [0.25, 0.3) is 0 Å². The highest BCUT2D eigenvalue weighted by atomic mass is 32.2. The largest absolute Gasteiger partial charge is 0.494 e. The van der Waals surface area contributed by atoms with Gasteiger partial charge in [0.1, 0.15) is 12.8 Å². The lowest BCUT2D eigenvalue weighted by molar-refractivity contribution is -0.646. The number of hydrogen-bond donors (Lipinski definition) is 0. The summed E-state index contributed by atoms with van der Waals surface area (Å²) in [6.07, 6.45) is 2.25. The van der Waals surface area contributed by atoms with E-state index >= 15 is 0 Å². The molecule has 26 heavy (non-hydrogen) atoms. The summed E-state index contributed by atoms with van der Waals surface area (Å²) in [5.74, 6) is 0.931. The maximum atomic E-state index is 5.64. The molecule has 0 saturated heterocycles. The van der Waals surface area contributed by atoms with Gasteiger partial charge in [-0.1, -0.05) is 23.4 Å². The second-order valence-electron chi connectivity index (χ2n) is 6.59. The smallest absolute Gasteiger partial charge is 0.212 e. The third kappa shape index (κ3) is 2.95. The summed E-state index contributed by atoms with van der Waals surface area (Å²) >= 11 is 1.79. The van der Waals surface area contributed by atoms with Crippen molar-refractivity contribution in [1.82, 2.24) is 0 Å². The number of hydrogen-bond acceptors (Lipinski definition) is 3. The number of ether oxygens (including phenoxy) is 1. The zero-order valence-corrected chi connectivity index (χ0v) is 16.4. The molecule has 132 valence electrons. The van der Waals surface area contributed by atoms with E-state index in [4.69, 9.17) is 4.74 Å². The molecule has 0 bridgehead atoms. The molecule has 4 rings (SSSR count). The molecule has 1 aliphatic heterocycles. The fourth-order valence-electron chi connectivity index (χ4n) is 3.35. The molecule has 0 amide bonds. The Morgan fingerprint density at radius 2 is 1.96 bits per heavy atom. The minimum atomic E-state index is 0.689. The standard InChI is InChI=1S/C22H23N2OS/c1-5-25-18-9-11-20-21(14-18)26-22(24(20)4)13-17-8-7-16-12-15(2)6-10-19(16)23(17)3/h6-14H,5H2,1-4H3/q+1. The highest BCUT2D eigenvalue weighted by Crippen LogP contribution is 2.46. The van der Waals surface area contributed by atoms with E-state index < -0.39 is 0 Å². The van der Waals surface area contributed by atoms with E-state index in [0.717, 1.165) is 5.75 Å². The van der Waals surface area contributed by atoms with Crippen LogP contribution in [-0.4, -0.2) is 13.7 Å². The van der Waals surface area contributed by atoms with Gasteiger partial charge in [0.15, 0.2) is 0 Å². The quantitative estimate of drug-likeness (QED) is 0.615. The minimum Gasteiger partial charge on any atom is -0.494 e. The summed E-state index contributed by atoms with van der Waals surface area (Å²) in [6.45, 7) is 4.83. The lowest BCUT2D eigenvalue weighted by Gasteiger charge is -2.13.